The summed E-state index contributed by atoms with van der Waals surface area (Å²) in [6, 6.07) is 51.0. The van der Waals surface area contributed by atoms with E-state index in [0.717, 1.165) is 129 Å². The summed E-state index contributed by atoms with van der Waals surface area (Å²) in [6.45, 7) is 25.1. The van der Waals surface area contributed by atoms with Crippen molar-refractivity contribution in [2.45, 2.75) is 178 Å². The second kappa shape index (κ2) is 40.3. The van der Waals surface area contributed by atoms with Crippen LogP contribution in [0.4, 0.5) is 0 Å². The zero-order valence-electron chi connectivity index (χ0n) is 50.0. The van der Waals surface area contributed by atoms with Crippen molar-refractivity contribution in [3.63, 3.8) is 0 Å². The molecule has 5 heteroatoms. The van der Waals surface area contributed by atoms with Gasteiger partial charge in [-0.3, -0.25) is 0 Å². The Bertz CT molecular complexity index is 1960. The molecule has 0 saturated heterocycles. The van der Waals surface area contributed by atoms with Gasteiger partial charge in [-0.15, -0.1) is 0 Å². The molecule has 0 saturated carbocycles. The first-order valence-corrected chi connectivity index (χ1v) is 31.0. The highest BCUT2D eigenvalue weighted by atomic mass is 16.5. The maximum absolute atomic E-state index is 6.35. The quantitative estimate of drug-likeness (QED) is 0.0390. The predicted molar refractivity (Wildman–Crippen MR) is 329 cm³/mol. The maximum Gasteiger partial charge on any atom is 0.119 e. The Morgan fingerprint density at radius 2 is 0.442 bits per heavy atom. The van der Waals surface area contributed by atoms with Gasteiger partial charge in [0, 0.05) is 0 Å². The van der Waals surface area contributed by atoms with Gasteiger partial charge in [-0.1, -0.05) is 185 Å². The van der Waals surface area contributed by atoms with Crippen LogP contribution < -0.4 is 23.7 Å². The lowest BCUT2D eigenvalue weighted by molar-refractivity contribution is 0.166. The molecule has 0 amide bonds. The standard InChI is InChI=1S/C51H64O5.C21H44/c1-42(28-33-52-47-18-8-3-9-19-47)38-44(30-35-54-49-22-12-5-13-23-49)40-46(32-37-56-51-26-16-7-17-27-51)41-45(31-36-55-50-24-14-6-15-25-50)39-43(2)29-34-53-48-20-10-4-11-21-48;1-8-17(6)13-19(10-3)15-21(12-5)16-20(11-4)14-18(7)9-2/h3-27,42-46H,28-41H2,1-2H3;17-21H,8-16H2,1-7H3/t42-,43+,44-,45+,46?;17-,18+,19-,20+,21?. The molecule has 0 bridgehead atoms. The van der Waals surface area contributed by atoms with Crippen LogP contribution in [0.25, 0.3) is 0 Å². The molecule has 5 nitrogen and oxygen atoms in total. The minimum Gasteiger partial charge on any atom is -0.494 e. The highest BCUT2D eigenvalue weighted by Gasteiger charge is 2.25. The highest BCUT2D eigenvalue weighted by molar-refractivity contribution is 5.23. The average molecular weight is 1050 g/mol. The summed E-state index contributed by atoms with van der Waals surface area (Å²) < 4.78 is 31.2. The molecule has 0 N–H and O–H groups in total. The van der Waals surface area contributed by atoms with Crippen LogP contribution >= 0.6 is 0 Å². The van der Waals surface area contributed by atoms with Gasteiger partial charge in [-0.05, 0) is 203 Å². The molecular weight excluding hydrogens is 945 g/mol. The minimum atomic E-state index is 0.503. The number of hydrogen-bond acceptors (Lipinski definition) is 5. The number of hydrogen-bond donors (Lipinski definition) is 0. The lowest BCUT2D eigenvalue weighted by Crippen LogP contribution is -2.22. The third-order valence-corrected chi connectivity index (χ3v) is 16.6. The fourth-order valence-electron chi connectivity index (χ4n) is 11.4. The van der Waals surface area contributed by atoms with Crippen LogP contribution in [0.1, 0.15) is 178 Å². The SMILES string of the molecule is CCC(C[C@@H](CC)C[C@@H](C)CC)C[C@H](CC)C[C@H](C)CC.C[C@H](CCOc1ccccc1)C[C@@H](CCOc1ccccc1)CC(CCOc1ccccc1)C[C@@H](CCOc1ccccc1)C[C@@H](C)CCOc1ccccc1. The lowest BCUT2D eigenvalue weighted by Gasteiger charge is -2.30. The van der Waals surface area contributed by atoms with Crippen molar-refractivity contribution in [2.24, 2.45) is 59.2 Å². The summed E-state index contributed by atoms with van der Waals surface area (Å²) in [5, 5.41) is 0. The average Bonchev–Trinajstić information content (AvgIpc) is 3.45. The number of rotatable bonds is 41. The number of para-hydroxylation sites is 5. The summed E-state index contributed by atoms with van der Waals surface area (Å²) in [5.41, 5.74) is 0. The van der Waals surface area contributed by atoms with Crippen LogP contribution in [0.15, 0.2) is 152 Å². The van der Waals surface area contributed by atoms with E-state index in [1.165, 1.54) is 57.8 Å². The van der Waals surface area contributed by atoms with Crippen LogP contribution in [0, 0.1) is 59.2 Å². The van der Waals surface area contributed by atoms with Crippen molar-refractivity contribution in [3.8, 4) is 28.7 Å². The number of ether oxygens (including phenoxy) is 5. The van der Waals surface area contributed by atoms with Gasteiger partial charge in [0.25, 0.3) is 0 Å². The van der Waals surface area contributed by atoms with E-state index in [1.807, 2.05) is 115 Å². The van der Waals surface area contributed by atoms with Crippen LogP contribution in [-0.2, 0) is 0 Å². The van der Waals surface area contributed by atoms with E-state index in [1.54, 1.807) is 0 Å². The minimum absolute atomic E-state index is 0.503. The van der Waals surface area contributed by atoms with Gasteiger partial charge in [0.1, 0.15) is 28.7 Å². The Kier molecular flexibility index (Phi) is 33.8. The van der Waals surface area contributed by atoms with Gasteiger partial charge in [0.2, 0.25) is 0 Å². The second-order valence-electron chi connectivity index (χ2n) is 23.3. The molecule has 426 valence electrons. The van der Waals surface area contributed by atoms with Crippen LogP contribution in [0.5, 0.6) is 28.7 Å². The Hall–Kier alpha value is -4.90. The number of benzene rings is 5. The smallest absolute Gasteiger partial charge is 0.119 e. The molecule has 0 aliphatic heterocycles. The predicted octanol–water partition coefficient (Wildman–Crippen LogP) is 20.7. The van der Waals surface area contributed by atoms with Crippen LogP contribution in [0.3, 0.4) is 0 Å². The summed E-state index contributed by atoms with van der Waals surface area (Å²) in [7, 11) is 0. The Balaban J connectivity index is 0.000000514. The Labute approximate surface area is 472 Å². The van der Waals surface area contributed by atoms with Gasteiger partial charge in [0.05, 0.1) is 33.0 Å². The largest absolute Gasteiger partial charge is 0.494 e. The van der Waals surface area contributed by atoms with E-state index in [2.05, 4.69) is 98.7 Å². The molecule has 0 aromatic heterocycles. The molecular formula is C72H108O5. The third kappa shape index (κ3) is 29.6. The first-order valence-electron chi connectivity index (χ1n) is 31.0. The first-order chi connectivity index (χ1) is 37.6. The van der Waals surface area contributed by atoms with Gasteiger partial charge in [-0.2, -0.15) is 0 Å². The molecule has 0 heterocycles. The third-order valence-electron chi connectivity index (χ3n) is 16.6. The van der Waals surface area contributed by atoms with E-state index >= 15 is 0 Å². The fourth-order valence-corrected chi connectivity index (χ4v) is 11.4. The summed E-state index contributed by atoms with van der Waals surface area (Å²) in [4.78, 5) is 0. The molecule has 2 unspecified atom stereocenters. The molecule has 5 aromatic rings. The van der Waals surface area contributed by atoms with E-state index in [0.29, 0.717) is 49.4 Å². The van der Waals surface area contributed by atoms with Gasteiger partial charge < -0.3 is 23.7 Å². The molecule has 77 heavy (non-hydrogen) atoms. The molecule has 0 fully saturated rings. The fraction of sp³-hybridized carbons (Fsp3) is 0.583. The summed E-state index contributed by atoms with van der Waals surface area (Å²) >= 11 is 0. The second-order valence-corrected chi connectivity index (χ2v) is 23.3. The highest BCUT2D eigenvalue weighted by Crippen LogP contribution is 2.36. The molecule has 0 aliphatic carbocycles. The normalized spacial score (nSPS) is 15.2. The zero-order valence-corrected chi connectivity index (χ0v) is 50.0. The zero-order chi connectivity index (χ0) is 55.1. The van der Waals surface area contributed by atoms with E-state index in [9.17, 15) is 0 Å². The van der Waals surface area contributed by atoms with E-state index < -0.39 is 0 Å². The lowest BCUT2D eigenvalue weighted by atomic mass is 9.77. The van der Waals surface area contributed by atoms with Crippen molar-refractivity contribution in [1.82, 2.24) is 0 Å². The molecule has 10 atom stereocenters. The van der Waals surface area contributed by atoms with Crippen molar-refractivity contribution in [1.29, 1.82) is 0 Å². The topological polar surface area (TPSA) is 46.2 Å². The molecule has 0 radical (unpaired) electrons. The maximum atomic E-state index is 6.35. The molecule has 0 aliphatic rings. The monoisotopic (exact) mass is 1050 g/mol. The van der Waals surface area contributed by atoms with Crippen molar-refractivity contribution in [3.05, 3.63) is 152 Å². The first kappa shape index (κ1) is 64.6. The Morgan fingerprint density at radius 1 is 0.234 bits per heavy atom. The van der Waals surface area contributed by atoms with Gasteiger partial charge in [0.15, 0.2) is 0 Å². The van der Waals surface area contributed by atoms with Crippen molar-refractivity contribution in [2.75, 3.05) is 33.0 Å². The van der Waals surface area contributed by atoms with Crippen molar-refractivity contribution >= 4 is 0 Å². The van der Waals surface area contributed by atoms with Crippen LogP contribution in [-0.4, -0.2) is 33.0 Å². The molecule has 0 spiro atoms. The van der Waals surface area contributed by atoms with E-state index in [4.69, 9.17) is 23.7 Å². The van der Waals surface area contributed by atoms with Gasteiger partial charge in [-0.25, -0.2) is 0 Å². The summed E-state index contributed by atoms with van der Waals surface area (Å²) in [6.07, 6.45) is 22.3. The molecule has 5 aromatic carbocycles. The Morgan fingerprint density at radius 3 is 0.688 bits per heavy atom. The van der Waals surface area contributed by atoms with E-state index in [-0.39, 0.29) is 0 Å². The van der Waals surface area contributed by atoms with Gasteiger partial charge >= 0.3 is 0 Å². The summed E-state index contributed by atoms with van der Waals surface area (Å²) in [5.74, 6) is 12.0. The van der Waals surface area contributed by atoms with Crippen LogP contribution in [0.2, 0.25) is 0 Å². The van der Waals surface area contributed by atoms with Crippen molar-refractivity contribution < 1.29 is 23.7 Å². The molecule has 5 rings (SSSR count).